The number of hydrogen-bond donors (Lipinski definition) is 0. The van der Waals surface area contributed by atoms with E-state index in [9.17, 15) is 9.59 Å². The van der Waals surface area contributed by atoms with E-state index in [-0.39, 0.29) is 17.8 Å². The van der Waals surface area contributed by atoms with Gasteiger partial charge in [-0.3, -0.25) is 9.59 Å². The second-order valence-electron chi connectivity index (χ2n) is 6.75. The van der Waals surface area contributed by atoms with Crippen LogP contribution in [-0.4, -0.2) is 46.8 Å². The number of fused-ring (bicyclic) bond motifs is 1. The van der Waals surface area contributed by atoms with E-state index in [1.165, 1.54) is 18.4 Å². The van der Waals surface area contributed by atoms with E-state index in [4.69, 9.17) is 4.74 Å². The average molecular weight is 383 g/mol. The van der Waals surface area contributed by atoms with Crippen LogP contribution in [0.2, 0.25) is 0 Å². The lowest BCUT2D eigenvalue weighted by molar-refractivity contribution is -0.146. The highest BCUT2D eigenvalue weighted by molar-refractivity contribution is 7.20. The van der Waals surface area contributed by atoms with Crippen molar-refractivity contribution in [1.82, 2.24) is 14.7 Å². The molecule has 1 aliphatic heterocycles. The average Bonchev–Trinajstić information content (AvgIpc) is 3.28. The van der Waals surface area contributed by atoms with Crippen molar-refractivity contribution in [2.45, 2.75) is 19.8 Å². The Hall–Kier alpha value is -2.67. The van der Waals surface area contributed by atoms with Gasteiger partial charge in [0.05, 0.1) is 29.3 Å². The second kappa shape index (κ2) is 7.15. The zero-order chi connectivity index (χ0) is 19.0. The molecule has 0 atom stereocenters. The lowest BCUT2D eigenvalue weighted by atomic mass is 9.97. The maximum atomic E-state index is 13.0. The summed E-state index contributed by atoms with van der Waals surface area (Å²) in [5.41, 5.74) is 1.89. The van der Waals surface area contributed by atoms with Crippen LogP contribution in [-0.2, 0) is 9.53 Å². The number of likely N-dealkylation sites (tertiary alicyclic amines) is 1. The summed E-state index contributed by atoms with van der Waals surface area (Å²) in [5, 5.41) is 5.63. The molecule has 0 radical (unpaired) electrons. The van der Waals surface area contributed by atoms with E-state index in [0.717, 1.165) is 21.6 Å². The maximum absolute atomic E-state index is 13.0. The first kappa shape index (κ1) is 17.7. The van der Waals surface area contributed by atoms with Gasteiger partial charge in [0.1, 0.15) is 4.83 Å². The molecular formula is C20H21N3O3S. The highest BCUT2D eigenvalue weighted by Gasteiger charge is 2.29. The second-order valence-corrected chi connectivity index (χ2v) is 7.78. The topological polar surface area (TPSA) is 64.4 Å². The van der Waals surface area contributed by atoms with Gasteiger partial charge in [-0.05, 0) is 38.0 Å². The molecule has 1 fully saturated rings. The number of esters is 1. The number of aromatic nitrogens is 2. The summed E-state index contributed by atoms with van der Waals surface area (Å²) in [6.07, 6.45) is 1.31. The number of piperidine rings is 1. The smallest absolute Gasteiger partial charge is 0.308 e. The van der Waals surface area contributed by atoms with E-state index in [2.05, 4.69) is 5.10 Å². The van der Waals surface area contributed by atoms with E-state index in [0.29, 0.717) is 30.8 Å². The fourth-order valence-corrected chi connectivity index (χ4v) is 4.69. The van der Waals surface area contributed by atoms with Crippen molar-refractivity contribution in [2.75, 3.05) is 20.2 Å². The SMILES string of the molecule is COC(=O)C1CCN(C(=O)c2cc3c(C)nn(-c4ccccc4)c3s2)CC1. The quantitative estimate of drug-likeness (QED) is 0.650. The van der Waals surface area contributed by atoms with Crippen LogP contribution in [0.15, 0.2) is 36.4 Å². The summed E-state index contributed by atoms with van der Waals surface area (Å²) in [7, 11) is 1.41. The van der Waals surface area contributed by atoms with Gasteiger partial charge in [-0.2, -0.15) is 5.10 Å². The number of ether oxygens (including phenoxy) is 1. The monoisotopic (exact) mass is 383 g/mol. The number of nitrogens with zero attached hydrogens (tertiary/aromatic N) is 3. The molecule has 0 spiro atoms. The van der Waals surface area contributed by atoms with Crippen molar-refractivity contribution >= 4 is 33.4 Å². The Balaban J connectivity index is 1.58. The summed E-state index contributed by atoms with van der Waals surface area (Å²) in [5.74, 6) is -0.253. The minimum atomic E-state index is -0.178. The van der Waals surface area contributed by atoms with Crippen molar-refractivity contribution in [2.24, 2.45) is 5.92 Å². The number of methoxy groups -OCH3 is 1. The Morgan fingerprint density at radius 2 is 1.89 bits per heavy atom. The molecule has 7 heteroatoms. The third-order valence-corrected chi connectivity index (χ3v) is 6.17. The first-order valence-electron chi connectivity index (χ1n) is 9.00. The number of carbonyl (C=O) groups is 2. The Bertz CT molecular complexity index is 985. The molecule has 6 nitrogen and oxygen atoms in total. The van der Waals surface area contributed by atoms with Crippen molar-refractivity contribution in [3.8, 4) is 5.69 Å². The zero-order valence-electron chi connectivity index (χ0n) is 15.3. The highest BCUT2D eigenvalue weighted by atomic mass is 32.1. The molecule has 1 amide bonds. The van der Waals surface area contributed by atoms with Gasteiger partial charge in [-0.25, -0.2) is 4.68 Å². The largest absolute Gasteiger partial charge is 0.469 e. The molecule has 0 aliphatic carbocycles. The Morgan fingerprint density at radius 1 is 1.19 bits per heavy atom. The molecule has 140 valence electrons. The van der Waals surface area contributed by atoms with Crippen molar-refractivity contribution in [1.29, 1.82) is 0 Å². The van der Waals surface area contributed by atoms with Gasteiger partial charge < -0.3 is 9.64 Å². The standard InChI is InChI=1S/C20H21N3O3S/c1-13-16-12-17(18(24)22-10-8-14(9-11-22)20(25)26-2)27-19(16)23(21-13)15-6-4-3-5-7-15/h3-7,12,14H,8-11H2,1-2H3. The summed E-state index contributed by atoms with van der Waals surface area (Å²) < 4.78 is 6.72. The maximum Gasteiger partial charge on any atom is 0.308 e. The highest BCUT2D eigenvalue weighted by Crippen LogP contribution is 2.32. The van der Waals surface area contributed by atoms with Gasteiger partial charge in [0, 0.05) is 18.5 Å². The Labute approximate surface area is 161 Å². The van der Waals surface area contributed by atoms with Gasteiger partial charge in [0.2, 0.25) is 0 Å². The van der Waals surface area contributed by atoms with Gasteiger partial charge in [0.25, 0.3) is 5.91 Å². The predicted molar refractivity (Wildman–Crippen MR) is 104 cm³/mol. The van der Waals surface area contributed by atoms with Crippen molar-refractivity contribution in [3.05, 3.63) is 47.0 Å². The van der Waals surface area contributed by atoms with Crippen LogP contribution in [0.4, 0.5) is 0 Å². The third kappa shape index (κ3) is 3.23. The van der Waals surface area contributed by atoms with Crippen LogP contribution in [0, 0.1) is 12.8 Å². The van der Waals surface area contributed by atoms with E-state index in [1.807, 2.05) is 52.9 Å². The van der Waals surface area contributed by atoms with E-state index in [1.54, 1.807) is 0 Å². The van der Waals surface area contributed by atoms with E-state index >= 15 is 0 Å². The summed E-state index contributed by atoms with van der Waals surface area (Å²) >= 11 is 1.47. The first-order chi connectivity index (χ1) is 13.1. The van der Waals surface area contributed by atoms with Crippen LogP contribution in [0.1, 0.15) is 28.2 Å². The summed E-state index contributed by atoms with van der Waals surface area (Å²) in [6, 6.07) is 11.9. The molecule has 1 aromatic carbocycles. The number of rotatable bonds is 3. The van der Waals surface area contributed by atoms with E-state index < -0.39 is 0 Å². The fraction of sp³-hybridized carbons (Fsp3) is 0.350. The molecule has 3 heterocycles. The van der Waals surface area contributed by atoms with Crippen molar-refractivity contribution in [3.63, 3.8) is 0 Å². The number of aryl methyl sites for hydroxylation is 1. The minimum Gasteiger partial charge on any atom is -0.469 e. The lowest BCUT2D eigenvalue weighted by Crippen LogP contribution is -2.40. The number of hydrogen-bond acceptors (Lipinski definition) is 5. The predicted octanol–water partition coefficient (Wildman–Crippen LogP) is 3.42. The van der Waals surface area contributed by atoms with Crippen LogP contribution in [0.25, 0.3) is 15.9 Å². The molecule has 1 aliphatic rings. The molecule has 0 unspecified atom stereocenters. The summed E-state index contributed by atoms with van der Waals surface area (Å²) in [6.45, 7) is 3.12. The molecule has 27 heavy (non-hydrogen) atoms. The van der Waals surface area contributed by atoms with Gasteiger partial charge in [-0.15, -0.1) is 11.3 Å². The van der Waals surface area contributed by atoms with Gasteiger partial charge in [0.15, 0.2) is 0 Å². The number of carbonyl (C=O) groups excluding carboxylic acids is 2. The number of benzene rings is 1. The lowest BCUT2D eigenvalue weighted by Gasteiger charge is -2.30. The van der Waals surface area contributed by atoms with Crippen molar-refractivity contribution < 1.29 is 14.3 Å². The molecule has 3 aromatic rings. The molecule has 0 saturated carbocycles. The molecule has 2 aromatic heterocycles. The van der Waals surface area contributed by atoms with Crippen LogP contribution >= 0.6 is 11.3 Å². The molecule has 4 rings (SSSR count). The minimum absolute atomic E-state index is 0.0264. The Kier molecular flexibility index (Phi) is 4.70. The molecule has 0 N–H and O–H groups in total. The third-order valence-electron chi connectivity index (χ3n) is 5.07. The van der Waals surface area contributed by atoms with Gasteiger partial charge in [-0.1, -0.05) is 18.2 Å². The molecule has 1 saturated heterocycles. The summed E-state index contributed by atoms with van der Waals surface area (Å²) in [4.78, 5) is 28.2. The van der Waals surface area contributed by atoms with Gasteiger partial charge >= 0.3 is 5.97 Å². The van der Waals surface area contributed by atoms with Crippen LogP contribution in [0.3, 0.4) is 0 Å². The number of amides is 1. The Morgan fingerprint density at radius 3 is 2.56 bits per heavy atom. The molecular weight excluding hydrogens is 362 g/mol. The first-order valence-corrected chi connectivity index (χ1v) is 9.82. The van der Waals surface area contributed by atoms with Crippen LogP contribution < -0.4 is 0 Å². The number of thiophene rings is 1. The zero-order valence-corrected chi connectivity index (χ0v) is 16.2. The van der Waals surface area contributed by atoms with Crippen LogP contribution in [0.5, 0.6) is 0 Å². The fourth-order valence-electron chi connectivity index (χ4n) is 3.54. The normalized spacial score (nSPS) is 15.3. The molecule has 0 bridgehead atoms. The number of para-hydroxylation sites is 1.